The van der Waals surface area contributed by atoms with Gasteiger partial charge in [-0.3, -0.25) is 0 Å². The SMILES string of the molecule is N#C/C(=C(\Cl)c1cc(C(F)(F)F)ccc1F)c1cccs1. The molecule has 0 spiro atoms. The fraction of sp³-hybridized carbons (Fsp3) is 0.0714. The molecule has 0 amide bonds. The van der Waals surface area contributed by atoms with Gasteiger partial charge in [-0.25, -0.2) is 4.39 Å². The maximum absolute atomic E-state index is 13.8. The zero-order valence-corrected chi connectivity index (χ0v) is 11.8. The summed E-state index contributed by atoms with van der Waals surface area (Å²) in [6.45, 7) is 0. The lowest BCUT2D eigenvalue weighted by Crippen LogP contribution is -2.06. The van der Waals surface area contributed by atoms with Crippen LogP contribution in [0.2, 0.25) is 0 Å². The first kappa shape index (κ1) is 15.5. The van der Waals surface area contributed by atoms with E-state index < -0.39 is 23.1 Å². The Balaban J connectivity index is 2.63. The molecule has 0 aliphatic rings. The van der Waals surface area contributed by atoms with E-state index >= 15 is 0 Å². The number of benzene rings is 1. The maximum Gasteiger partial charge on any atom is 0.416 e. The molecule has 0 saturated heterocycles. The standard InChI is InChI=1S/C14H6ClF4NS/c15-13(10(7-20)12-2-1-5-21-12)9-6-8(14(17,18)19)3-4-11(9)16/h1-6H/b13-10+. The van der Waals surface area contributed by atoms with Crippen molar-refractivity contribution in [3.8, 4) is 6.07 Å². The van der Waals surface area contributed by atoms with Gasteiger partial charge >= 0.3 is 6.18 Å². The number of nitrogens with zero attached hydrogens (tertiary/aromatic N) is 1. The van der Waals surface area contributed by atoms with Gasteiger partial charge < -0.3 is 0 Å². The van der Waals surface area contributed by atoms with Gasteiger partial charge in [0.25, 0.3) is 0 Å². The third-order valence-corrected chi connectivity index (χ3v) is 3.91. The molecule has 2 rings (SSSR count). The van der Waals surface area contributed by atoms with Crippen molar-refractivity contribution in [3.05, 3.63) is 57.5 Å². The Bertz CT molecular complexity index is 726. The van der Waals surface area contributed by atoms with E-state index in [4.69, 9.17) is 16.9 Å². The summed E-state index contributed by atoms with van der Waals surface area (Å²) in [5, 5.41) is 10.5. The largest absolute Gasteiger partial charge is 0.416 e. The van der Waals surface area contributed by atoms with E-state index in [2.05, 4.69) is 0 Å². The smallest absolute Gasteiger partial charge is 0.206 e. The normalized spacial score (nSPS) is 12.8. The van der Waals surface area contributed by atoms with Crippen LogP contribution in [0.5, 0.6) is 0 Å². The van der Waals surface area contributed by atoms with Crippen molar-refractivity contribution in [1.29, 1.82) is 5.26 Å². The molecule has 108 valence electrons. The third-order valence-electron chi connectivity index (χ3n) is 2.63. The first-order chi connectivity index (χ1) is 9.84. The second-order valence-electron chi connectivity index (χ2n) is 3.97. The summed E-state index contributed by atoms with van der Waals surface area (Å²) in [6.07, 6.45) is -4.62. The maximum atomic E-state index is 13.8. The van der Waals surface area contributed by atoms with Crippen LogP contribution in [0.4, 0.5) is 17.6 Å². The molecule has 0 fully saturated rings. The highest BCUT2D eigenvalue weighted by molar-refractivity contribution is 7.11. The lowest BCUT2D eigenvalue weighted by molar-refractivity contribution is -0.137. The minimum Gasteiger partial charge on any atom is -0.206 e. The van der Waals surface area contributed by atoms with Gasteiger partial charge in [0.15, 0.2) is 0 Å². The van der Waals surface area contributed by atoms with Gasteiger partial charge in [-0.15, -0.1) is 11.3 Å². The molecule has 21 heavy (non-hydrogen) atoms. The highest BCUT2D eigenvalue weighted by atomic mass is 35.5. The Labute approximate surface area is 126 Å². The summed E-state index contributed by atoms with van der Waals surface area (Å²) in [7, 11) is 0. The number of alkyl halides is 3. The van der Waals surface area contributed by atoms with E-state index in [0.29, 0.717) is 23.1 Å². The van der Waals surface area contributed by atoms with Crippen LogP contribution in [0.1, 0.15) is 16.0 Å². The van der Waals surface area contributed by atoms with Gasteiger partial charge in [-0.2, -0.15) is 18.4 Å². The van der Waals surface area contributed by atoms with Gasteiger partial charge in [-0.05, 0) is 29.6 Å². The highest BCUT2D eigenvalue weighted by Crippen LogP contribution is 2.36. The van der Waals surface area contributed by atoms with E-state index in [1.807, 2.05) is 0 Å². The topological polar surface area (TPSA) is 23.8 Å². The number of nitriles is 1. The summed E-state index contributed by atoms with van der Waals surface area (Å²) in [6, 6.07) is 6.95. The molecule has 0 aliphatic carbocycles. The van der Waals surface area contributed by atoms with Crippen molar-refractivity contribution in [1.82, 2.24) is 0 Å². The summed E-state index contributed by atoms with van der Waals surface area (Å²) in [5.41, 5.74) is -1.54. The molecule has 1 aromatic heterocycles. The van der Waals surface area contributed by atoms with Gasteiger partial charge in [0.05, 0.1) is 16.2 Å². The second kappa shape index (κ2) is 5.88. The van der Waals surface area contributed by atoms with Crippen LogP contribution >= 0.6 is 22.9 Å². The molecular weight excluding hydrogens is 326 g/mol. The Morgan fingerprint density at radius 1 is 1.24 bits per heavy atom. The number of allylic oxidation sites excluding steroid dienone is 1. The van der Waals surface area contributed by atoms with Crippen LogP contribution in [0.25, 0.3) is 10.6 Å². The van der Waals surface area contributed by atoms with Crippen LogP contribution < -0.4 is 0 Å². The number of rotatable bonds is 2. The van der Waals surface area contributed by atoms with Crippen molar-refractivity contribution in [2.45, 2.75) is 6.18 Å². The van der Waals surface area contributed by atoms with Gasteiger partial charge in [0, 0.05) is 10.4 Å². The minimum atomic E-state index is -4.62. The van der Waals surface area contributed by atoms with Gasteiger partial charge in [-0.1, -0.05) is 17.7 Å². The summed E-state index contributed by atoms with van der Waals surface area (Å²) >= 11 is 7.13. The molecule has 2 aromatic rings. The summed E-state index contributed by atoms with van der Waals surface area (Å²) < 4.78 is 51.8. The van der Waals surface area contributed by atoms with Crippen molar-refractivity contribution in [2.75, 3.05) is 0 Å². The molecule has 0 radical (unpaired) electrons. The molecule has 0 N–H and O–H groups in total. The zero-order chi connectivity index (χ0) is 15.6. The van der Waals surface area contributed by atoms with Crippen LogP contribution in [0.3, 0.4) is 0 Å². The Kier molecular flexibility index (Phi) is 4.35. The van der Waals surface area contributed by atoms with Crippen molar-refractivity contribution in [3.63, 3.8) is 0 Å². The minimum absolute atomic E-state index is 0.0649. The average molecular weight is 332 g/mol. The number of hydrogen-bond donors (Lipinski definition) is 0. The van der Waals surface area contributed by atoms with Gasteiger partial charge in [0.2, 0.25) is 0 Å². The third kappa shape index (κ3) is 3.26. The molecule has 0 saturated carbocycles. The first-order valence-corrected chi connectivity index (χ1v) is 6.81. The Hall–Kier alpha value is -1.84. The molecule has 0 aliphatic heterocycles. The predicted molar refractivity (Wildman–Crippen MR) is 74.0 cm³/mol. The monoisotopic (exact) mass is 331 g/mol. The molecule has 1 heterocycles. The zero-order valence-electron chi connectivity index (χ0n) is 10.2. The van der Waals surface area contributed by atoms with E-state index in [0.717, 1.165) is 0 Å². The molecule has 0 atom stereocenters. The molecule has 1 aromatic carbocycles. The Morgan fingerprint density at radius 2 is 1.95 bits per heavy atom. The summed E-state index contributed by atoms with van der Waals surface area (Å²) in [5.74, 6) is -0.919. The molecule has 1 nitrogen and oxygen atoms in total. The van der Waals surface area contributed by atoms with Crippen LogP contribution in [0, 0.1) is 17.1 Å². The van der Waals surface area contributed by atoms with Crippen molar-refractivity contribution in [2.24, 2.45) is 0 Å². The van der Waals surface area contributed by atoms with Crippen LogP contribution in [-0.4, -0.2) is 0 Å². The number of halogens is 5. The van der Waals surface area contributed by atoms with E-state index in [-0.39, 0.29) is 10.6 Å². The lowest BCUT2D eigenvalue weighted by Gasteiger charge is -2.10. The average Bonchev–Trinajstić information content (AvgIpc) is 2.92. The Morgan fingerprint density at radius 3 is 2.48 bits per heavy atom. The fourth-order valence-electron chi connectivity index (χ4n) is 1.64. The van der Waals surface area contributed by atoms with E-state index in [9.17, 15) is 17.6 Å². The number of thiophene rings is 1. The summed E-state index contributed by atoms with van der Waals surface area (Å²) in [4.78, 5) is 0.458. The lowest BCUT2D eigenvalue weighted by atomic mass is 10.1. The van der Waals surface area contributed by atoms with Crippen molar-refractivity contribution >= 4 is 33.5 Å². The molecular formula is C14H6ClF4NS. The molecule has 0 unspecified atom stereocenters. The van der Waals surface area contributed by atoms with E-state index in [1.54, 1.807) is 23.6 Å². The first-order valence-electron chi connectivity index (χ1n) is 5.55. The number of hydrogen-bond acceptors (Lipinski definition) is 2. The van der Waals surface area contributed by atoms with Gasteiger partial charge in [0.1, 0.15) is 11.9 Å². The quantitative estimate of drug-likeness (QED) is 0.524. The van der Waals surface area contributed by atoms with E-state index in [1.165, 1.54) is 11.3 Å². The predicted octanol–water partition coefficient (Wildman–Crippen LogP) is 5.54. The highest BCUT2D eigenvalue weighted by Gasteiger charge is 2.31. The van der Waals surface area contributed by atoms with Crippen LogP contribution in [-0.2, 0) is 6.18 Å². The molecule has 0 bridgehead atoms. The van der Waals surface area contributed by atoms with Crippen molar-refractivity contribution < 1.29 is 17.6 Å². The second-order valence-corrected chi connectivity index (χ2v) is 5.30. The van der Waals surface area contributed by atoms with Crippen LogP contribution in [0.15, 0.2) is 35.7 Å². The fourth-order valence-corrected chi connectivity index (χ4v) is 2.71. The molecule has 7 heteroatoms.